The molecular formula is C27H28N6OS2. The lowest BCUT2D eigenvalue weighted by molar-refractivity contribution is -0.116. The zero-order chi connectivity index (χ0) is 25.2. The van der Waals surface area contributed by atoms with E-state index in [2.05, 4.69) is 50.0 Å². The molecule has 2 N–H and O–H groups in total. The molecule has 9 heteroatoms. The van der Waals surface area contributed by atoms with Crippen molar-refractivity contribution in [1.29, 1.82) is 0 Å². The van der Waals surface area contributed by atoms with Crippen molar-refractivity contribution in [2.45, 2.75) is 39.3 Å². The van der Waals surface area contributed by atoms with E-state index < -0.39 is 0 Å². The Bertz CT molecular complexity index is 1380. The van der Waals surface area contributed by atoms with E-state index in [0.29, 0.717) is 18.1 Å². The van der Waals surface area contributed by atoms with Crippen LogP contribution in [-0.4, -0.2) is 37.0 Å². The van der Waals surface area contributed by atoms with Gasteiger partial charge in [-0.25, -0.2) is 4.98 Å². The second-order valence-electron chi connectivity index (χ2n) is 8.91. The molecule has 36 heavy (non-hydrogen) atoms. The number of carbonyl (C=O) groups excluding carboxylic acids is 1. The Morgan fingerprint density at radius 1 is 1.11 bits per heavy atom. The van der Waals surface area contributed by atoms with Gasteiger partial charge in [-0.05, 0) is 68.4 Å². The number of nitrogens with one attached hydrogen (secondary N) is 2. The minimum atomic E-state index is -0.136. The highest BCUT2D eigenvalue weighted by Crippen LogP contribution is 2.41. The smallest absolute Gasteiger partial charge is 0.226 e. The van der Waals surface area contributed by atoms with E-state index in [1.54, 1.807) is 17.5 Å². The predicted molar refractivity (Wildman–Crippen MR) is 147 cm³/mol. The molecule has 0 spiro atoms. The van der Waals surface area contributed by atoms with Gasteiger partial charge in [-0.3, -0.25) is 14.3 Å². The molecule has 1 amide bonds. The standard InChI is InChI=1S/C27H28N6OS2/c1-17-8-4-5-9-21(17)30-23(34)11-14-32-25(24(31-26(32)35)22-10-6-7-12-28-22)20-16-18(2)33(19(20)3)27-29-13-15-36-27/h4-10,12-13,15-16,24-25H,11,14H2,1-3H3,(H,30,34)(H,31,35). The second-order valence-corrected chi connectivity index (χ2v) is 10.2. The lowest BCUT2D eigenvalue weighted by atomic mass is 9.96. The maximum atomic E-state index is 12.9. The summed E-state index contributed by atoms with van der Waals surface area (Å²) >= 11 is 7.40. The molecular weight excluding hydrogens is 488 g/mol. The highest BCUT2D eigenvalue weighted by Gasteiger charge is 2.41. The Balaban J connectivity index is 1.46. The average Bonchev–Trinajstić information content (AvgIpc) is 3.58. The molecule has 2 unspecified atom stereocenters. The van der Waals surface area contributed by atoms with Crippen LogP contribution < -0.4 is 10.6 Å². The number of aryl methyl sites for hydroxylation is 2. The topological polar surface area (TPSA) is 75.1 Å². The zero-order valence-corrected chi connectivity index (χ0v) is 22.1. The fraction of sp³-hybridized carbons (Fsp3) is 0.259. The Morgan fingerprint density at radius 3 is 2.64 bits per heavy atom. The van der Waals surface area contributed by atoms with Crippen LogP contribution in [0.4, 0.5) is 5.69 Å². The van der Waals surface area contributed by atoms with Crippen LogP contribution in [0.1, 0.15) is 46.7 Å². The van der Waals surface area contributed by atoms with Gasteiger partial charge in [0, 0.05) is 47.8 Å². The minimum Gasteiger partial charge on any atom is -0.352 e. The zero-order valence-electron chi connectivity index (χ0n) is 20.4. The Labute approximate surface area is 220 Å². The van der Waals surface area contributed by atoms with Crippen LogP contribution in [0.25, 0.3) is 5.13 Å². The molecule has 2 atom stereocenters. The van der Waals surface area contributed by atoms with Crippen LogP contribution in [0.3, 0.4) is 0 Å². The Morgan fingerprint density at radius 2 is 1.92 bits per heavy atom. The fourth-order valence-electron chi connectivity index (χ4n) is 4.84. The number of thiocarbonyl (C=S) groups is 1. The van der Waals surface area contributed by atoms with Crippen molar-refractivity contribution >= 4 is 40.3 Å². The molecule has 1 aromatic carbocycles. The number of hydrogen-bond acceptors (Lipinski definition) is 5. The largest absolute Gasteiger partial charge is 0.352 e. The van der Waals surface area contributed by atoms with Crippen molar-refractivity contribution < 1.29 is 4.79 Å². The van der Waals surface area contributed by atoms with Gasteiger partial charge >= 0.3 is 0 Å². The van der Waals surface area contributed by atoms with Gasteiger partial charge in [-0.2, -0.15) is 0 Å². The summed E-state index contributed by atoms with van der Waals surface area (Å²) in [6, 6.07) is 15.7. The first-order valence-electron chi connectivity index (χ1n) is 11.9. The van der Waals surface area contributed by atoms with Crippen LogP contribution in [0.5, 0.6) is 0 Å². The number of thiazole rings is 1. The van der Waals surface area contributed by atoms with Crippen LogP contribution in [-0.2, 0) is 4.79 Å². The fourth-order valence-corrected chi connectivity index (χ4v) is 5.92. The number of aromatic nitrogens is 3. The number of hydrogen-bond donors (Lipinski definition) is 2. The van der Waals surface area contributed by atoms with Gasteiger partial charge in [0.15, 0.2) is 10.2 Å². The third-order valence-electron chi connectivity index (χ3n) is 6.60. The maximum Gasteiger partial charge on any atom is 0.226 e. The van der Waals surface area contributed by atoms with Crippen molar-refractivity contribution in [3.05, 3.63) is 94.5 Å². The molecule has 1 aliphatic heterocycles. The summed E-state index contributed by atoms with van der Waals surface area (Å²) < 4.78 is 2.18. The molecule has 7 nitrogen and oxygen atoms in total. The van der Waals surface area contributed by atoms with E-state index in [-0.39, 0.29) is 18.0 Å². The van der Waals surface area contributed by atoms with Gasteiger partial charge in [0.1, 0.15) is 0 Å². The average molecular weight is 517 g/mol. The summed E-state index contributed by atoms with van der Waals surface area (Å²) in [5, 5.41) is 10.1. The summed E-state index contributed by atoms with van der Waals surface area (Å²) in [5.74, 6) is -0.0413. The maximum absolute atomic E-state index is 12.9. The highest BCUT2D eigenvalue weighted by atomic mass is 32.1. The van der Waals surface area contributed by atoms with Crippen LogP contribution >= 0.6 is 23.6 Å². The number of benzene rings is 1. The first-order valence-corrected chi connectivity index (χ1v) is 13.1. The Hall–Kier alpha value is -3.56. The number of nitrogens with zero attached hydrogens (tertiary/aromatic N) is 4. The highest BCUT2D eigenvalue weighted by molar-refractivity contribution is 7.80. The van der Waals surface area contributed by atoms with Crippen LogP contribution in [0, 0.1) is 20.8 Å². The first kappa shape index (κ1) is 24.1. The van der Waals surface area contributed by atoms with E-state index in [1.165, 1.54) is 0 Å². The number of carbonyl (C=O) groups is 1. The molecule has 5 rings (SSSR count). The summed E-state index contributed by atoms with van der Waals surface area (Å²) in [6.45, 7) is 6.68. The Kier molecular flexibility index (Phi) is 6.84. The lowest BCUT2D eigenvalue weighted by Gasteiger charge is -2.28. The molecule has 1 aliphatic rings. The molecule has 184 valence electrons. The molecule has 1 fully saturated rings. The number of rotatable bonds is 7. The summed E-state index contributed by atoms with van der Waals surface area (Å²) in [5.41, 5.74) is 6.13. The summed E-state index contributed by atoms with van der Waals surface area (Å²) in [7, 11) is 0. The van der Waals surface area contributed by atoms with Gasteiger partial charge in [0.25, 0.3) is 0 Å². The molecule has 4 heterocycles. The van der Waals surface area contributed by atoms with Gasteiger partial charge in [0.05, 0.1) is 17.8 Å². The van der Waals surface area contributed by atoms with E-state index in [9.17, 15) is 4.79 Å². The van der Waals surface area contributed by atoms with E-state index in [0.717, 1.165) is 39.0 Å². The van der Waals surface area contributed by atoms with Crippen LogP contribution in [0.15, 0.2) is 66.3 Å². The molecule has 3 aromatic heterocycles. The molecule has 0 radical (unpaired) electrons. The predicted octanol–water partition coefficient (Wildman–Crippen LogP) is 5.26. The van der Waals surface area contributed by atoms with Crippen LogP contribution in [0.2, 0.25) is 0 Å². The number of para-hydroxylation sites is 1. The summed E-state index contributed by atoms with van der Waals surface area (Å²) in [4.78, 5) is 24.2. The SMILES string of the molecule is Cc1ccccc1NC(=O)CCN1C(=S)NC(c2ccccn2)C1c1cc(C)n(-c2nccs2)c1C. The first-order chi connectivity index (χ1) is 17.4. The molecule has 4 aromatic rings. The third kappa shape index (κ3) is 4.64. The van der Waals surface area contributed by atoms with Gasteiger partial charge < -0.3 is 15.5 Å². The number of anilines is 1. The quantitative estimate of drug-likeness (QED) is 0.327. The van der Waals surface area contributed by atoms with Crippen molar-refractivity contribution in [2.75, 3.05) is 11.9 Å². The van der Waals surface area contributed by atoms with E-state index in [4.69, 9.17) is 12.2 Å². The van der Waals surface area contributed by atoms with Crippen molar-refractivity contribution in [3.63, 3.8) is 0 Å². The van der Waals surface area contributed by atoms with E-state index in [1.807, 2.05) is 61.0 Å². The molecule has 0 aliphatic carbocycles. The van der Waals surface area contributed by atoms with Crippen molar-refractivity contribution in [2.24, 2.45) is 0 Å². The minimum absolute atomic E-state index is 0.0413. The number of amides is 1. The normalized spacial score (nSPS) is 17.3. The summed E-state index contributed by atoms with van der Waals surface area (Å²) in [6.07, 6.45) is 3.93. The molecule has 1 saturated heterocycles. The number of pyridine rings is 1. The lowest BCUT2D eigenvalue weighted by Crippen LogP contribution is -2.33. The molecule has 0 saturated carbocycles. The monoisotopic (exact) mass is 516 g/mol. The second kappa shape index (κ2) is 10.2. The third-order valence-corrected chi connectivity index (χ3v) is 7.71. The molecule has 0 bridgehead atoms. The van der Waals surface area contributed by atoms with Gasteiger partial charge in [-0.1, -0.05) is 24.3 Å². The van der Waals surface area contributed by atoms with Crippen molar-refractivity contribution in [1.82, 2.24) is 24.8 Å². The van der Waals surface area contributed by atoms with Crippen molar-refractivity contribution in [3.8, 4) is 5.13 Å². The van der Waals surface area contributed by atoms with Gasteiger partial charge in [0.2, 0.25) is 5.91 Å². The van der Waals surface area contributed by atoms with Gasteiger partial charge in [-0.15, -0.1) is 11.3 Å². The van der Waals surface area contributed by atoms with E-state index >= 15 is 0 Å².